The molecule has 2 N–H and O–H groups in total. The number of hydrogen-bond acceptors (Lipinski definition) is 6. The zero-order valence-electron chi connectivity index (χ0n) is 14.8. The van der Waals surface area contributed by atoms with Crippen LogP contribution in [0.15, 0.2) is 24.3 Å². The van der Waals surface area contributed by atoms with Gasteiger partial charge in [-0.15, -0.1) is 11.3 Å². The van der Waals surface area contributed by atoms with Crippen LogP contribution in [0.25, 0.3) is 21.1 Å². The van der Waals surface area contributed by atoms with Gasteiger partial charge in [-0.1, -0.05) is 6.42 Å². The number of fused-ring (bicyclic) bond motifs is 2. The monoisotopic (exact) mass is 370 g/mol. The van der Waals surface area contributed by atoms with Crippen LogP contribution in [0.5, 0.6) is 5.75 Å². The highest BCUT2D eigenvalue weighted by Gasteiger charge is 2.23. The zero-order valence-corrected chi connectivity index (χ0v) is 15.6. The number of esters is 1. The van der Waals surface area contributed by atoms with Crippen molar-refractivity contribution in [3.8, 4) is 5.75 Å². The van der Waals surface area contributed by atoms with Crippen LogP contribution in [0, 0.1) is 0 Å². The van der Waals surface area contributed by atoms with E-state index >= 15 is 0 Å². The Bertz CT molecular complexity index is 960. The van der Waals surface area contributed by atoms with Gasteiger partial charge in [0.15, 0.2) is 0 Å². The van der Waals surface area contributed by atoms with E-state index < -0.39 is 0 Å². The number of nitrogens with two attached hydrogens (primary N) is 1. The van der Waals surface area contributed by atoms with Crippen molar-refractivity contribution < 1.29 is 14.3 Å². The average molecular weight is 370 g/mol. The maximum Gasteiger partial charge on any atom is 0.350 e. The standard InChI is InChI=1S/C20H22N2O3S/c1-2-24-14-8-9-16-12(10-14)11-15-17(21)18(26-19(15)22-16)20(23)25-13-6-4-3-5-7-13/h8-11,13H,2-7,21H2,1H3. The highest BCUT2D eigenvalue weighted by atomic mass is 32.1. The van der Waals surface area contributed by atoms with E-state index in [9.17, 15) is 4.79 Å². The first-order chi connectivity index (χ1) is 12.7. The molecule has 1 aromatic carbocycles. The molecule has 6 heteroatoms. The van der Waals surface area contributed by atoms with Gasteiger partial charge in [-0.25, -0.2) is 9.78 Å². The Labute approximate surface area is 156 Å². The summed E-state index contributed by atoms with van der Waals surface area (Å²) in [6.45, 7) is 2.56. The first-order valence-electron chi connectivity index (χ1n) is 9.12. The minimum Gasteiger partial charge on any atom is -0.494 e. The van der Waals surface area contributed by atoms with Crippen molar-refractivity contribution in [2.24, 2.45) is 0 Å². The Morgan fingerprint density at radius 3 is 2.85 bits per heavy atom. The number of pyridine rings is 1. The number of rotatable bonds is 4. The average Bonchev–Trinajstić information content (AvgIpc) is 2.97. The minimum atomic E-state index is -0.323. The van der Waals surface area contributed by atoms with Gasteiger partial charge < -0.3 is 15.2 Å². The van der Waals surface area contributed by atoms with E-state index in [-0.39, 0.29) is 12.1 Å². The number of carbonyl (C=O) groups excluding carboxylic acids is 1. The summed E-state index contributed by atoms with van der Waals surface area (Å²) in [4.78, 5) is 18.5. The number of aromatic nitrogens is 1. The van der Waals surface area contributed by atoms with Crippen molar-refractivity contribution in [2.45, 2.75) is 45.1 Å². The SMILES string of the molecule is CCOc1ccc2nc3sc(C(=O)OC4CCCCC4)c(N)c3cc2c1. The largest absolute Gasteiger partial charge is 0.494 e. The third-order valence-electron chi connectivity index (χ3n) is 4.81. The fourth-order valence-electron chi connectivity index (χ4n) is 3.48. The molecule has 1 saturated carbocycles. The summed E-state index contributed by atoms with van der Waals surface area (Å²) in [5, 5.41) is 1.74. The lowest BCUT2D eigenvalue weighted by Gasteiger charge is -2.21. The van der Waals surface area contributed by atoms with E-state index in [0.29, 0.717) is 17.2 Å². The first-order valence-corrected chi connectivity index (χ1v) is 9.94. The lowest BCUT2D eigenvalue weighted by atomic mass is 9.98. The normalized spacial score (nSPS) is 15.4. The number of nitrogen functional groups attached to an aromatic ring is 1. The van der Waals surface area contributed by atoms with Gasteiger partial charge >= 0.3 is 5.97 Å². The van der Waals surface area contributed by atoms with Crippen LogP contribution in [0.4, 0.5) is 5.69 Å². The summed E-state index contributed by atoms with van der Waals surface area (Å²) in [6.07, 6.45) is 5.36. The second-order valence-electron chi connectivity index (χ2n) is 6.64. The molecule has 1 aliphatic rings. The van der Waals surface area contributed by atoms with Crippen LogP contribution in [0.1, 0.15) is 48.7 Å². The van der Waals surface area contributed by atoms with Crippen molar-refractivity contribution >= 4 is 44.1 Å². The van der Waals surface area contributed by atoms with Gasteiger partial charge in [0.25, 0.3) is 0 Å². The Kier molecular flexibility index (Phi) is 4.68. The van der Waals surface area contributed by atoms with Gasteiger partial charge in [-0.05, 0) is 56.9 Å². The van der Waals surface area contributed by atoms with Gasteiger partial charge in [0, 0.05) is 10.8 Å². The number of ether oxygens (including phenoxy) is 2. The van der Waals surface area contributed by atoms with E-state index in [4.69, 9.17) is 15.2 Å². The molecule has 1 aliphatic carbocycles. The molecule has 2 aromatic heterocycles. The minimum absolute atomic E-state index is 0.0154. The highest BCUT2D eigenvalue weighted by Crippen LogP contribution is 2.36. The number of nitrogens with zero attached hydrogens (tertiary/aromatic N) is 1. The molecule has 5 nitrogen and oxygen atoms in total. The Morgan fingerprint density at radius 2 is 2.08 bits per heavy atom. The number of anilines is 1. The molecule has 1 fully saturated rings. The van der Waals surface area contributed by atoms with Crippen LogP contribution in [0.3, 0.4) is 0 Å². The van der Waals surface area contributed by atoms with Gasteiger partial charge in [0.2, 0.25) is 0 Å². The molecule has 3 aromatic rings. The molecule has 0 saturated heterocycles. The van der Waals surface area contributed by atoms with Crippen molar-refractivity contribution in [2.75, 3.05) is 12.3 Å². The lowest BCUT2D eigenvalue weighted by Crippen LogP contribution is -2.20. The second-order valence-corrected chi connectivity index (χ2v) is 7.64. The molecular formula is C20H22N2O3S. The van der Waals surface area contributed by atoms with Crippen molar-refractivity contribution in [1.82, 2.24) is 4.98 Å². The molecule has 4 rings (SSSR count). The van der Waals surface area contributed by atoms with Gasteiger partial charge in [0.05, 0.1) is 17.8 Å². The Morgan fingerprint density at radius 1 is 1.27 bits per heavy atom. The molecular weight excluding hydrogens is 348 g/mol. The maximum absolute atomic E-state index is 12.6. The first kappa shape index (κ1) is 17.1. The number of carbonyl (C=O) groups is 1. The molecule has 0 spiro atoms. The molecule has 136 valence electrons. The third-order valence-corrected chi connectivity index (χ3v) is 5.90. The van der Waals surface area contributed by atoms with E-state index in [1.54, 1.807) is 0 Å². The molecule has 0 amide bonds. The van der Waals surface area contributed by atoms with Crippen LogP contribution in [-0.4, -0.2) is 23.7 Å². The molecule has 0 unspecified atom stereocenters. The molecule has 0 atom stereocenters. The molecule has 0 bridgehead atoms. The van der Waals surface area contributed by atoms with Crippen LogP contribution >= 0.6 is 11.3 Å². The predicted molar refractivity (Wildman–Crippen MR) is 105 cm³/mol. The van der Waals surface area contributed by atoms with E-state index in [1.165, 1.54) is 17.8 Å². The molecule has 0 radical (unpaired) electrons. The second kappa shape index (κ2) is 7.11. The summed E-state index contributed by atoms with van der Waals surface area (Å²) in [5.41, 5.74) is 7.59. The number of benzene rings is 1. The zero-order chi connectivity index (χ0) is 18.1. The Balaban J connectivity index is 1.68. The summed E-state index contributed by atoms with van der Waals surface area (Å²) >= 11 is 1.31. The summed E-state index contributed by atoms with van der Waals surface area (Å²) in [7, 11) is 0. The lowest BCUT2D eigenvalue weighted by molar-refractivity contribution is 0.0218. The van der Waals surface area contributed by atoms with E-state index in [2.05, 4.69) is 4.98 Å². The fourth-order valence-corrected chi connectivity index (χ4v) is 4.45. The van der Waals surface area contributed by atoms with E-state index in [0.717, 1.165) is 52.6 Å². The molecule has 2 heterocycles. The van der Waals surface area contributed by atoms with Crippen LogP contribution in [-0.2, 0) is 4.74 Å². The molecule has 26 heavy (non-hydrogen) atoms. The van der Waals surface area contributed by atoms with Crippen molar-refractivity contribution in [1.29, 1.82) is 0 Å². The fraction of sp³-hybridized carbons (Fsp3) is 0.400. The smallest absolute Gasteiger partial charge is 0.350 e. The predicted octanol–water partition coefficient (Wildman–Crippen LogP) is 4.92. The Hall–Kier alpha value is -2.34. The van der Waals surface area contributed by atoms with E-state index in [1.807, 2.05) is 31.2 Å². The van der Waals surface area contributed by atoms with Gasteiger partial charge in [0.1, 0.15) is 21.6 Å². The highest BCUT2D eigenvalue weighted by molar-refractivity contribution is 7.21. The quantitative estimate of drug-likeness (QED) is 0.660. The van der Waals surface area contributed by atoms with Crippen LogP contribution in [0.2, 0.25) is 0 Å². The summed E-state index contributed by atoms with van der Waals surface area (Å²) in [5.74, 6) is 0.475. The maximum atomic E-state index is 12.6. The summed E-state index contributed by atoms with van der Waals surface area (Å²) < 4.78 is 11.2. The van der Waals surface area contributed by atoms with Crippen molar-refractivity contribution in [3.63, 3.8) is 0 Å². The van der Waals surface area contributed by atoms with Gasteiger partial charge in [-0.3, -0.25) is 0 Å². The van der Waals surface area contributed by atoms with Crippen LogP contribution < -0.4 is 10.5 Å². The van der Waals surface area contributed by atoms with Gasteiger partial charge in [-0.2, -0.15) is 0 Å². The summed E-state index contributed by atoms with van der Waals surface area (Å²) in [6, 6.07) is 7.75. The topological polar surface area (TPSA) is 74.4 Å². The third kappa shape index (κ3) is 3.21. The number of thiophene rings is 1. The number of hydrogen-bond donors (Lipinski definition) is 1. The van der Waals surface area contributed by atoms with Crippen molar-refractivity contribution in [3.05, 3.63) is 29.1 Å². The molecule has 0 aliphatic heterocycles.